The van der Waals surface area contributed by atoms with Gasteiger partial charge in [-0.3, -0.25) is 4.79 Å². The van der Waals surface area contributed by atoms with Gasteiger partial charge in [-0.2, -0.15) is 0 Å². The molecular weight excluding hydrogens is 244 g/mol. The van der Waals surface area contributed by atoms with Gasteiger partial charge in [0.15, 0.2) is 5.82 Å². The number of hydrogen-bond acceptors (Lipinski definition) is 3. The van der Waals surface area contributed by atoms with Gasteiger partial charge in [0, 0.05) is 23.8 Å². The molecule has 18 heavy (non-hydrogen) atoms. The van der Waals surface area contributed by atoms with E-state index in [0.717, 1.165) is 11.4 Å². The Morgan fingerprint density at radius 3 is 2.72 bits per heavy atom. The van der Waals surface area contributed by atoms with Crippen molar-refractivity contribution in [1.29, 1.82) is 0 Å². The maximum Gasteiger partial charge on any atom is 0.208 e. The van der Waals surface area contributed by atoms with Crippen LogP contribution in [0.15, 0.2) is 41.6 Å². The van der Waals surface area contributed by atoms with Crippen LogP contribution in [-0.2, 0) is 6.54 Å². The first-order chi connectivity index (χ1) is 8.70. The predicted octanol–water partition coefficient (Wildman–Crippen LogP) is 3.19. The molecule has 2 rings (SSSR count). The molecule has 1 aromatic heterocycles. The van der Waals surface area contributed by atoms with Crippen molar-refractivity contribution in [3.05, 3.63) is 48.0 Å². The molecule has 0 fully saturated rings. The summed E-state index contributed by atoms with van der Waals surface area (Å²) >= 11 is 1.55. The van der Waals surface area contributed by atoms with Crippen LogP contribution in [0.2, 0.25) is 0 Å². The van der Waals surface area contributed by atoms with Gasteiger partial charge in [0.25, 0.3) is 0 Å². The summed E-state index contributed by atoms with van der Waals surface area (Å²) in [5, 5.41) is 0. The minimum Gasteiger partial charge on any atom is -0.329 e. The van der Waals surface area contributed by atoms with Crippen LogP contribution in [0.1, 0.15) is 23.1 Å². The molecule has 2 aromatic rings. The van der Waals surface area contributed by atoms with Crippen molar-refractivity contribution in [2.45, 2.75) is 25.3 Å². The van der Waals surface area contributed by atoms with Crippen LogP contribution in [0.3, 0.4) is 0 Å². The molecule has 3 nitrogen and oxygen atoms in total. The number of imidazole rings is 1. The van der Waals surface area contributed by atoms with Gasteiger partial charge in [-0.05, 0) is 26.0 Å². The summed E-state index contributed by atoms with van der Waals surface area (Å²) in [6.45, 7) is 4.83. The van der Waals surface area contributed by atoms with Crippen molar-refractivity contribution in [3.8, 4) is 0 Å². The Kier molecular flexibility index (Phi) is 4.20. The zero-order valence-electron chi connectivity index (χ0n) is 10.6. The molecule has 0 amide bonds. The van der Waals surface area contributed by atoms with Gasteiger partial charge in [-0.15, -0.1) is 11.8 Å². The van der Waals surface area contributed by atoms with Crippen molar-refractivity contribution in [1.82, 2.24) is 9.55 Å². The number of ketones is 1. The number of hydrogen-bond donors (Lipinski definition) is 0. The highest BCUT2D eigenvalue weighted by molar-refractivity contribution is 8.00. The molecule has 0 atom stereocenters. The Balaban J connectivity index is 1.98. The second-order valence-corrected chi connectivity index (χ2v) is 5.11. The third kappa shape index (κ3) is 3.01. The zero-order chi connectivity index (χ0) is 13.0. The largest absolute Gasteiger partial charge is 0.329 e. The second-order valence-electron chi connectivity index (χ2n) is 4.06. The number of carbonyl (C=O) groups is 1. The summed E-state index contributed by atoms with van der Waals surface area (Å²) in [5.74, 6) is 1.06. The van der Waals surface area contributed by atoms with E-state index in [1.807, 2.05) is 29.8 Å². The van der Waals surface area contributed by atoms with E-state index in [9.17, 15) is 4.79 Å². The van der Waals surface area contributed by atoms with Crippen molar-refractivity contribution >= 4 is 17.5 Å². The number of Topliss-reactive ketones (excluding diaryl/α,β-unsaturated/α-hetero) is 1. The van der Waals surface area contributed by atoms with Crippen LogP contribution in [0, 0.1) is 6.92 Å². The van der Waals surface area contributed by atoms with Gasteiger partial charge in [0.2, 0.25) is 5.78 Å². The fourth-order valence-electron chi connectivity index (χ4n) is 1.66. The quantitative estimate of drug-likeness (QED) is 0.611. The van der Waals surface area contributed by atoms with E-state index in [2.05, 4.69) is 24.0 Å². The first-order valence-electron chi connectivity index (χ1n) is 5.94. The number of carbonyl (C=O) groups excluding carboxylic acids is 1. The van der Waals surface area contributed by atoms with Gasteiger partial charge in [0.05, 0.1) is 5.75 Å². The smallest absolute Gasteiger partial charge is 0.208 e. The number of nitrogens with zero attached hydrogens (tertiary/aromatic N) is 2. The van der Waals surface area contributed by atoms with Crippen LogP contribution >= 0.6 is 11.8 Å². The number of rotatable bonds is 5. The lowest BCUT2D eigenvalue weighted by Gasteiger charge is -2.04. The monoisotopic (exact) mass is 260 g/mol. The fourth-order valence-corrected chi connectivity index (χ4v) is 2.42. The normalized spacial score (nSPS) is 10.6. The molecule has 0 bridgehead atoms. The molecule has 4 heteroatoms. The SMILES string of the molecule is CCn1ccnc1C(=O)CSc1ccc(C)cc1. The van der Waals surface area contributed by atoms with Gasteiger partial charge >= 0.3 is 0 Å². The Morgan fingerprint density at radius 2 is 2.06 bits per heavy atom. The van der Waals surface area contributed by atoms with Crippen molar-refractivity contribution < 1.29 is 4.79 Å². The van der Waals surface area contributed by atoms with E-state index in [1.165, 1.54) is 5.56 Å². The molecule has 0 aliphatic rings. The highest BCUT2D eigenvalue weighted by atomic mass is 32.2. The van der Waals surface area contributed by atoms with E-state index in [4.69, 9.17) is 0 Å². The van der Waals surface area contributed by atoms with E-state index >= 15 is 0 Å². The maximum atomic E-state index is 12.0. The van der Waals surface area contributed by atoms with Crippen LogP contribution in [0.4, 0.5) is 0 Å². The summed E-state index contributed by atoms with van der Waals surface area (Å²) in [5.41, 5.74) is 1.23. The summed E-state index contributed by atoms with van der Waals surface area (Å²) in [7, 11) is 0. The highest BCUT2D eigenvalue weighted by Gasteiger charge is 2.12. The summed E-state index contributed by atoms with van der Waals surface area (Å²) in [6.07, 6.45) is 3.51. The van der Waals surface area contributed by atoms with E-state index in [1.54, 1.807) is 18.0 Å². The summed E-state index contributed by atoms with van der Waals surface area (Å²) in [6, 6.07) is 8.19. The van der Waals surface area contributed by atoms with E-state index in [0.29, 0.717) is 11.6 Å². The number of aryl methyl sites for hydroxylation is 2. The van der Waals surface area contributed by atoms with Gasteiger partial charge in [-0.1, -0.05) is 17.7 Å². The standard InChI is InChI=1S/C14H16N2OS/c1-3-16-9-8-15-14(16)13(17)10-18-12-6-4-11(2)5-7-12/h4-9H,3,10H2,1-2H3. The molecular formula is C14H16N2OS. The van der Waals surface area contributed by atoms with Crippen molar-refractivity contribution in [2.75, 3.05) is 5.75 Å². The molecule has 0 saturated heterocycles. The third-order valence-electron chi connectivity index (χ3n) is 2.70. The predicted molar refractivity (Wildman–Crippen MR) is 74.1 cm³/mol. The summed E-state index contributed by atoms with van der Waals surface area (Å²) < 4.78 is 1.87. The lowest BCUT2D eigenvalue weighted by molar-refractivity contribution is 0.100. The van der Waals surface area contributed by atoms with Crippen LogP contribution < -0.4 is 0 Å². The van der Waals surface area contributed by atoms with Crippen molar-refractivity contribution in [2.24, 2.45) is 0 Å². The number of aromatic nitrogens is 2. The maximum absolute atomic E-state index is 12.0. The molecule has 1 heterocycles. The second kappa shape index (κ2) is 5.87. The third-order valence-corrected chi connectivity index (χ3v) is 3.71. The lowest BCUT2D eigenvalue weighted by Crippen LogP contribution is -2.11. The first-order valence-corrected chi connectivity index (χ1v) is 6.93. The van der Waals surface area contributed by atoms with E-state index in [-0.39, 0.29) is 5.78 Å². The van der Waals surface area contributed by atoms with E-state index < -0.39 is 0 Å². The van der Waals surface area contributed by atoms with Gasteiger partial charge in [-0.25, -0.2) is 4.98 Å². The van der Waals surface area contributed by atoms with Crippen LogP contribution in [0.25, 0.3) is 0 Å². The molecule has 0 radical (unpaired) electrons. The number of thioether (sulfide) groups is 1. The average molecular weight is 260 g/mol. The highest BCUT2D eigenvalue weighted by Crippen LogP contribution is 2.19. The molecule has 0 aliphatic carbocycles. The summed E-state index contributed by atoms with van der Waals surface area (Å²) in [4.78, 5) is 17.2. The van der Waals surface area contributed by atoms with Gasteiger partial charge in [0.1, 0.15) is 0 Å². The molecule has 94 valence electrons. The van der Waals surface area contributed by atoms with Crippen LogP contribution in [-0.4, -0.2) is 21.1 Å². The minimum absolute atomic E-state index is 0.0763. The molecule has 0 spiro atoms. The molecule has 0 saturated carbocycles. The Morgan fingerprint density at radius 1 is 1.33 bits per heavy atom. The zero-order valence-corrected chi connectivity index (χ0v) is 11.4. The van der Waals surface area contributed by atoms with Crippen molar-refractivity contribution in [3.63, 3.8) is 0 Å². The Bertz CT molecular complexity index is 531. The lowest BCUT2D eigenvalue weighted by atomic mass is 10.2. The number of benzene rings is 1. The molecule has 0 unspecified atom stereocenters. The minimum atomic E-state index is 0.0763. The Hall–Kier alpha value is -1.55. The topological polar surface area (TPSA) is 34.9 Å². The van der Waals surface area contributed by atoms with Gasteiger partial charge < -0.3 is 4.57 Å². The molecule has 1 aromatic carbocycles. The molecule has 0 N–H and O–H groups in total. The average Bonchev–Trinajstić information content (AvgIpc) is 2.86. The first kappa shape index (κ1) is 12.9. The fraction of sp³-hybridized carbons (Fsp3) is 0.286. The molecule has 0 aliphatic heterocycles. The van der Waals surface area contributed by atoms with Crippen LogP contribution in [0.5, 0.6) is 0 Å². The Labute approximate surface area is 111 Å².